The molecule has 1 N–H and O–H groups in total. The summed E-state index contributed by atoms with van der Waals surface area (Å²) in [5, 5.41) is 2.15. The van der Waals surface area contributed by atoms with Crippen molar-refractivity contribution in [1.82, 2.24) is 4.90 Å². The van der Waals surface area contributed by atoms with E-state index in [1.54, 1.807) is 20.8 Å². The summed E-state index contributed by atoms with van der Waals surface area (Å²) in [6.07, 6.45) is 0. The van der Waals surface area contributed by atoms with Gasteiger partial charge in [-0.15, -0.1) is 0 Å². The number of anilines is 1. The van der Waals surface area contributed by atoms with Crippen LogP contribution in [-0.2, 0) is 9.59 Å². The van der Waals surface area contributed by atoms with Crippen molar-refractivity contribution in [3.8, 4) is 0 Å². The van der Waals surface area contributed by atoms with Gasteiger partial charge in [0.1, 0.15) is 17.3 Å². The van der Waals surface area contributed by atoms with Crippen molar-refractivity contribution in [3.05, 3.63) is 29.8 Å². The van der Waals surface area contributed by atoms with E-state index in [4.69, 9.17) is 0 Å². The Labute approximate surface area is 116 Å². The summed E-state index contributed by atoms with van der Waals surface area (Å²) in [6, 6.07) is 3.31. The zero-order valence-corrected chi connectivity index (χ0v) is 11.7. The van der Waals surface area contributed by atoms with E-state index in [2.05, 4.69) is 5.32 Å². The first-order valence-electron chi connectivity index (χ1n) is 6.39. The molecule has 0 fully saturated rings. The number of benzene rings is 1. The molecule has 110 valence electrons. The molecule has 0 aliphatic carbocycles. The molecule has 0 radical (unpaired) electrons. The van der Waals surface area contributed by atoms with Gasteiger partial charge >= 0.3 is 0 Å². The Hall–Kier alpha value is -1.98. The predicted octanol–water partition coefficient (Wildman–Crippen LogP) is 2.41. The van der Waals surface area contributed by atoms with Crippen LogP contribution in [-0.4, -0.2) is 29.8 Å². The molecule has 0 saturated heterocycles. The van der Waals surface area contributed by atoms with E-state index < -0.39 is 23.2 Å². The van der Waals surface area contributed by atoms with Crippen LogP contribution in [0, 0.1) is 17.6 Å². The molecule has 4 nitrogen and oxygen atoms in total. The Morgan fingerprint density at radius 2 is 1.80 bits per heavy atom. The molecule has 1 aromatic carbocycles. The van der Waals surface area contributed by atoms with Crippen LogP contribution >= 0.6 is 0 Å². The summed E-state index contributed by atoms with van der Waals surface area (Å²) < 4.78 is 26.8. The van der Waals surface area contributed by atoms with Gasteiger partial charge in [-0.1, -0.05) is 19.9 Å². The number of nitrogens with zero attached hydrogens (tertiary/aromatic N) is 1. The lowest BCUT2D eigenvalue weighted by atomic mass is 10.2. The largest absolute Gasteiger partial charge is 0.333 e. The first kappa shape index (κ1) is 16.1. The molecule has 0 spiro atoms. The molecule has 0 aromatic heterocycles. The normalized spacial score (nSPS) is 10.5. The fourth-order valence-corrected chi connectivity index (χ4v) is 1.68. The van der Waals surface area contributed by atoms with Gasteiger partial charge in [0.2, 0.25) is 11.8 Å². The summed E-state index contributed by atoms with van der Waals surface area (Å²) in [7, 11) is 0. The third kappa shape index (κ3) is 4.01. The number of amides is 2. The Morgan fingerprint density at radius 3 is 2.25 bits per heavy atom. The number of carbonyl (C=O) groups excluding carboxylic acids is 2. The second-order valence-corrected chi connectivity index (χ2v) is 4.65. The number of hydrogen-bond donors (Lipinski definition) is 1. The Morgan fingerprint density at radius 1 is 1.25 bits per heavy atom. The van der Waals surface area contributed by atoms with Crippen molar-refractivity contribution in [2.75, 3.05) is 18.4 Å². The van der Waals surface area contributed by atoms with E-state index >= 15 is 0 Å². The van der Waals surface area contributed by atoms with Gasteiger partial charge in [0, 0.05) is 12.5 Å². The van der Waals surface area contributed by atoms with Crippen LogP contribution in [0.15, 0.2) is 18.2 Å². The number of rotatable bonds is 5. The molecule has 1 rings (SSSR count). The van der Waals surface area contributed by atoms with Crippen LogP contribution < -0.4 is 5.32 Å². The SMILES string of the molecule is CCN(CC(=O)Nc1c(F)cccc1F)C(=O)C(C)C. The first-order chi connectivity index (χ1) is 9.36. The Kier molecular flexibility index (Phi) is 5.61. The Bertz CT molecular complexity index is 484. The maximum absolute atomic E-state index is 13.4. The summed E-state index contributed by atoms with van der Waals surface area (Å²) in [5.41, 5.74) is -0.495. The van der Waals surface area contributed by atoms with Gasteiger partial charge in [-0.25, -0.2) is 8.78 Å². The molecule has 1 aromatic rings. The fraction of sp³-hybridized carbons (Fsp3) is 0.429. The fourth-order valence-electron chi connectivity index (χ4n) is 1.68. The molecule has 0 unspecified atom stereocenters. The average Bonchev–Trinajstić information content (AvgIpc) is 2.39. The highest BCUT2D eigenvalue weighted by Gasteiger charge is 2.19. The maximum Gasteiger partial charge on any atom is 0.244 e. The molecular formula is C14H18F2N2O2. The number of hydrogen-bond acceptors (Lipinski definition) is 2. The minimum absolute atomic E-state index is 0.184. The van der Waals surface area contributed by atoms with E-state index in [-0.39, 0.29) is 18.4 Å². The molecule has 6 heteroatoms. The number of likely N-dealkylation sites (N-methyl/N-ethyl adjacent to an activating group) is 1. The smallest absolute Gasteiger partial charge is 0.244 e. The molecule has 20 heavy (non-hydrogen) atoms. The number of halogens is 2. The van der Waals surface area contributed by atoms with Gasteiger partial charge in [-0.05, 0) is 19.1 Å². The second kappa shape index (κ2) is 6.98. The van der Waals surface area contributed by atoms with Gasteiger partial charge in [0.15, 0.2) is 0 Å². The Balaban J connectivity index is 2.74. The third-order valence-corrected chi connectivity index (χ3v) is 2.75. The molecule has 0 aliphatic heterocycles. The van der Waals surface area contributed by atoms with Crippen molar-refractivity contribution in [1.29, 1.82) is 0 Å². The van der Waals surface area contributed by atoms with E-state index in [1.165, 1.54) is 11.0 Å². The number of carbonyl (C=O) groups is 2. The van der Waals surface area contributed by atoms with E-state index in [9.17, 15) is 18.4 Å². The van der Waals surface area contributed by atoms with Gasteiger partial charge in [-0.2, -0.15) is 0 Å². The molecule has 0 aliphatic rings. The van der Waals surface area contributed by atoms with Crippen molar-refractivity contribution in [2.45, 2.75) is 20.8 Å². The molecule has 2 amide bonds. The van der Waals surface area contributed by atoms with Crippen molar-refractivity contribution in [2.24, 2.45) is 5.92 Å². The number of nitrogens with one attached hydrogen (secondary N) is 1. The lowest BCUT2D eigenvalue weighted by molar-refractivity contribution is -0.137. The zero-order chi connectivity index (χ0) is 15.3. The summed E-state index contributed by atoms with van der Waals surface area (Å²) >= 11 is 0. The monoisotopic (exact) mass is 284 g/mol. The molecule has 0 heterocycles. The summed E-state index contributed by atoms with van der Waals surface area (Å²) in [5.74, 6) is -2.76. The van der Waals surface area contributed by atoms with Crippen molar-refractivity contribution >= 4 is 17.5 Å². The van der Waals surface area contributed by atoms with Crippen LogP contribution in [0.4, 0.5) is 14.5 Å². The molecule has 0 saturated carbocycles. The van der Waals surface area contributed by atoms with Crippen LogP contribution in [0.1, 0.15) is 20.8 Å². The second-order valence-electron chi connectivity index (χ2n) is 4.65. The minimum Gasteiger partial charge on any atom is -0.333 e. The predicted molar refractivity (Wildman–Crippen MR) is 72.1 cm³/mol. The number of para-hydroxylation sites is 1. The van der Waals surface area contributed by atoms with Gasteiger partial charge in [0.05, 0.1) is 6.54 Å². The molecule has 0 atom stereocenters. The van der Waals surface area contributed by atoms with Crippen LogP contribution in [0.2, 0.25) is 0 Å². The van der Waals surface area contributed by atoms with Crippen molar-refractivity contribution < 1.29 is 18.4 Å². The average molecular weight is 284 g/mol. The highest BCUT2D eigenvalue weighted by molar-refractivity contribution is 5.94. The third-order valence-electron chi connectivity index (χ3n) is 2.75. The first-order valence-corrected chi connectivity index (χ1v) is 6.39. The van der Waals surface area contributed by atoms with Gasteiger partial charge in [0.25, 0.3) is 0 Å². The quantitative estimate of drug-likeness (QED) is 0.902. The highest BCUT2D eigenvalue weighted by Crippen LogP contribution is 2.17. The summed E-state index contributed by atoms with van der Waals surface area (Å²) in [4.78, 5) is 24.9. The van der Waals surface area contributed by atoms with E-state index in [1.807, 2.05) is 0 Å². The van der Waals surface area contributed by atoms with E-state index in [0.29, 0.717) is 6.54 Å². The van der Waals surface area contributed by atoms with Crippen LogP contribution in [0.3, 0.4) is 0 Å². The molecular weight excluding hydrogens is 266 g/mol. The highest BCUT2D eigenvalue weighted by atomic mass is 19.1. The van der Waals surface area contributed by atoms with Crippen LogP contribution in [0.25, 0.3) is 0 Å². The topological polar surface area (TPSA) is 49.4 Å². The lowest BCUT2D eigenvalue weighted by Crippen LogP contribution is -2.40. The lowest BCUT2D eigenvalue weighted by Gasteiger charge is -2.22. The van der Waals surface area contributed by atoms with Crippen LogP contribution in [0.5, 0.6) is 0 Å². The van der Waals surface area contributed by atoms with Crippen molar-refractivity contribution in [3.63, 3.8) is 0 Å². The summed E-state index contributed by atoms with van der Waals surface area (Å²) in [6.45, 7) is 5.29. The van der Waals surface area contributed by atoms with Gasteiger partial charge < -0.3 is 10.2 Å². The minimum atomic E-state index is -0.850. The standard InChI is InChI=1S/C14H18F2N2O2/c1-4-18(14(20)9(2)3)8-12(19)17-13-10(15)6-5-7-11(13)16/h5-7,9H,4,8H2,1-3H3,(H,17,19). The van der Waals surface area contributed by atoms with E-state index in [0.717, 1.165) is 12.1 Å². The molecule has 0 bridgehead atoms. The van der Waals surface area contributed by atoms with Gasteiger partial charge in [-0.3, -0.25) is 9.59 Å². The maximum atomic E-state index is 13.4. The zero-order valence-electron chi connectivity index (χ0n) is 11.7.